The van der Waals surface area contributed by atoms with Crippen molar-refractivity contribution in [2.45, 2.75) is 13.3 Å². The summed E-state index contributed by atoms with van der Waals surface area (Å²) in [4.78, 5) is 7.06. The van der Waals surface area contributed by atoms with Crippen LogP contribution in [0.15, 0.2) is 30.3 Å². The molecule has 0 saturated carbocycles. The quantitative estimate of drug-likeness (QED) is 0.924. The summed E-state index contributed by atoms with van der Waals surface area (Å²) in [6.07, 6.45) is 0.951. The highest BCUT2D eigenvalue weighted by Gasteiger charge is 2.48. The van der Waals surface area contributed by atoms with Crippen LogP contribution in [0, 0.1) is 18.3 Å². The van der Waals surface area contributed by atoms with Gasteiger partial charge >= 0.3 is 0 Å². The molecule has 1 aromatic carbocycles. The van der Waals surface area contributed by atoms with Gasteiger partial charge in [-0.3, -0.25) is 4.98 Å². The number of pyridine rings is 1. The van der Waals surface area contributed by atoms with E-state index in [0.29, 0.717) is 5.92 Å². The Morgan fingerprint density at radius 3 is 3.09 bits per heavy atom. The van der Waals surface area contributed by atoms with Crippen LogP contribution in [0.1, 0.15) is 12.1 Å². The van der Waals surface area contributed by atoms with E-state index in [4.69, 9.17) is 4.74 Å². The van der Waals surface area contributed by atoms with Crippen molar-refractivity contribution in [3.8, 4) is 0 Å². The van der Waals surface area contributed by atoms with Gasteiger partial charge in [0.2, 0.25) is 0 Å². The first kappa shape index (κ1) is 14.0. The minimum absolute atomic E-state index is 0.00344. The van der Waals surface area contributed by atoms with Gasteiger partial charge in [-0.2, -0.15) is 0 Å². The molecular formula is C18H22N2O2. The number of para-hydroxylation sites is 1. The molecular weight excluding hydrogens is 276 g/mol. The summed E-state index contributed by atoms with van der Waals surface area (Å²) in [5, 5.41) is 11.2. The Morgan fingerprint density at radius 1 is 1.41 bits per heavy atom. The topological polar surface area (TPSA) is 45.6 Å². The van der Waals surface area contributed by atoms with E-state index in [9.17, 15) is 5.11 Å². The van der Waals surface area contributed by atoms with E-state index in [-0.39, 0.29) is 12.0 Å². The molecule has 0 aliphatic carbocycles. The van der Waals surface area contributed by atoms with Crippen molar-refractivity contribution in [1.29, 1.82) is 0 Å². The van der Waals surface area contributed by atoms with E-state index in [0.717, 1.165) is 43.9 Å². The Hall–Kier alpha value is -1.65. The first-order chi connectivity index (χ1) is 10.7. The summed E-state index contributed by atoms with van der Waals surface area (Å²) in [5.74, 6) is 0.415. The van der Waals surface area contributed by atoms with Gasteiger partial charge in [-0.15, -0.1) is 0 Å². The molecule has 2 fully saturated rings. The van der Waals surface area contributed by atoms with Gasteiger partial charge in [0.15, 0.2) is 0 Å². The second-order valence-electron chi connectivity index (χ2n) is 6.72. The third kappa shape index (κ3) is 2.09. The number of anilines is 1. The fraction of sp³-hybridized carbons (Fsp3) is 0.500. The number of aliphatic hydroxyl groups excluding tert-OH is 1. The van der Waals surface area contributed by atoms with E-state index in [1.165, 1.54) is 11.1 Å². The van der Waals surface area contributed by atoms with Crippen LogP contribution in [0.25, 0.3) is 10.9 Å². The van der Waals surface area contributed by atoms with Crippen molar-refractivity contribution in [2.75, 3.05) is 37.8 Å². The second kappa shape index (κ2) is 5.21. The molecule has 0 unspecified atom stereocenters. The second-order valence-corrected chi connectivity index (χ2v) is 6.72. The molecule has 0 bridgehead atoms. The number of nitrogens with zero attached hydrogens (tertiary/aromatic N) is 2. The van der Waals surface area contributed by atoms with Gasteiger partial charge in [0.05, 0.1) is 18.7 Å². The molecule has 0 radical (unpaired) electrons. The third-order valence-electron chi connectivity index (χ3n) is 5.35. The number of aliphatic hydroxyl groups is 1. The molecule has 22 heavy (non-hydrogen) atoms. The lowest BCUT2D eigenvalue weighted by Crippen LogP contribution is -2.41. The van der Waals surface area contributed by atoms with Crippen LogP contribution in [0.2, 0.25) is 0 Å². The van der Waals surface area contributed by atoms with Gasteiger partial charge in [-0.25, -0.2) is 0 Å². The average molecular weight is 298 g/mol. The van der Waals surface area contributed by atoms with Crippen molar-refractivity contribution < 1.29 is 9.84 Å². The number of hydrogen-bond donors (Lipinski definition) is 1. The zero-order chi connectivity index (χ0) is 15.2. The Morgan fingerprint density at radius 2 is 2.27 bits per heavy atom. The van der Waals surface area contributed by atoms with Crippen LogP contribution < -0.4 is 4.90 Å². The molecule has 2 aliphatic heterocycles. The highest BCUT2D eigenvalue weighted by molar-refractivity contribution is 5.92. The van der Waals surface area contributed by atoms with Gasteiger partial charge < -0.3 is 14.7 Å². The van der Waals surface area contributed by atoms with E-state index in [1.54, 1.807) is 0 Å². The Kier molecular flexibility index (Phi) is 3.31. The smallest absolute Gasteiger partial charge is 0.0726 e. The van der Waals surface area contributed by atoms with E-state index < -0.39 is 0 Å². The maximum Gasteiger partial charge on any atom is 0.0726 e. The van der Waals surface area contributed by atoms with Gasteiger partial charge in [0.25, 0.3) is 0 Å². The molecule has 4 heteroatoms. The van der Waals surface area contributed by atoms with Crippen molar-refractivity contribution in [3.05, 3.63) is 36.0 Å². The maximum atomic E-state index is 9.99. The van der Waals surface area contributed by atoms with Crippen molar-refractivity contribution in [3.63, 3.8) is 0 Å². The van der Waals surface area contributed by atoms with Crippen LogP contribution in [0.5, 0.6) is 0 Å². The molecule has 3 heterocycles. The predicted molar refractivity (Wildman–Crippen MR) is 87.1 cm³/mol. The minimum Gasteiger partial charge on any atom is -0.396 e. The van der Waals surface area contributed by atoms with Crippen LogP contribution in [0.4, 0.5) is 5.69 Å². The fourth-order valence-corrected chi connectivity index (χ4v) is 4.04. The van der Waals surface area contributed by atoms with Crippen LogP contribution in [-0.4, -0.2) is 43.0 Å². The number of fused-ring (bicyclic) bond motifs is 2. The maximum absolute atomic E-state index is 9.99. The Balaban J connectivity index is 1.77. The zero-order valence-electron chi connectivity index (χ0n) is 13.0. The van der Waals surface area contributed by atoms with E-state index >= 15 is 0 Å². The monoisotopic (exact) mass is 298 g/mol. The van der Waals surface area contributed by atoms with Crippen LogP contribution in [-0.2, 0) is 4.74 Å². The van der Waals surface area contributed by atoms with E-state index in [1.807, 2.05) is 13.0 Å². The highest BCUT2D eigenvalue weighted by Crippen LogP contribution is 2.44. The van der Waals surface area contributed by atoms with Gasteiger partial charge in [0, 0.05) is 47.8 Å². The number of aromatic nitrogens is 1. The summed E-state index contributed by atoms with van der Waals surface area (Å²) in [6, 6.07) is 10.5. The summed E-state index contributed by atoms with van der Waals surface area (Å²) < 4.78 is 5.66. The van der Waals surface area contributed by atoms with Gasteiger partial charge in [0.1, 0.15) is 0 Å². The number of ether oxygens (including phenoxy) is 1. The fourth-order valence-electron chi connectivity index (χ4n) is 4.04. The summed E-state index contributed by atoms with van der Waals surface area (Å²) >= 11 is 0. The molecule has 2 saturated heterocycles. The Bertz CT molecular complexity index is 703. The molecule has 2 aliphatic rings. The van der Waals surface area contributed by atoms with E-state index in [2.05, 4.69) is 34.1 Å². The highest BCUT2D eigenvalue weighted by atomic mass is 16.5. The zero-order valence-corrected chi connectivity index (χ0v) is 13.0. The first-order valence-electron chi connectivity index (χ1n) is 8.02. The summed E-state index contributed by atoms with van der Waals surface area (Å²) in [7, 11) is 0. The third-order valence-corrected chi connectivity index (χ3v) is 5.35. The normalized spacial score (nSPS) is 28.1. The first-order valence-corrected chi connectivity index (χ1v) is 8.02. The number of aryl methyl sites for hydroxylation is 1. The largest absolute Gasteiger partial charge is 0.396 e. The Labute approximate surface area is 130 Å². The molecule has 4 rings (SSSR count). The molecule has 4 nitrogen and oxygen atoms in total. The molecule has 2 aromatic rings. The number of hydrogen-bond acceptors (Lipinski definition) is 4. The van der Waals surface area contributed by atoms with Crippen molar-refractivity contribution in [2.24, 2.45) is 11.3 Å². The van der Waals surface area contributed by atoms with Crippen molar-refractivity contribution >= 4 is 16.6 Å². The SMILES string of the molecule is Cc1cc(N2C[C@@H]3COCC[C@]3(CO)C2)c2ccccc2n1. The molecule has 0 amide bonds. The van der Waals surface area contributed by atoms with Crippen LogP contribution >= 0.6 is 0 Å². The predicted octanol–water partition coefficient (Wildman–Crippen LogP) is 2.38. The lowest BCUT2D eigenvalue weighted by atomic mass is 9.75. The molecule has 1 aromatic heterocycles. The van der Waals surface area contributed by atoms with Crippen LogP contribution in [0.3, 0.4) is 0 Å². The number of rotatable bonds is 2. The lowest BCUT2D eigenvalue weighted by molar-refractivity contribution is -0.0410. The average Bonchev–Trinajstić information content (AvgIpc) is 2.94. The minimum atomic E-state index is -0.00344. The summed E-state index contributed by atoms with van der Waals surface area (Å²) in [6.45, 7) is 5.68. The lowest BCUT2D eigenvalue weighted by Gasteiger charge is -2.36. The molecule has 2 atom stereocenters. The summed E-state index contributed by atoms with van der Waals surface area (Å²) in [5.41, 5.74) is 3.32. The molecule has 116 valence electrons. The standard InChI is InChI=1S/C18H22N2O2/c1-13-8-17(15-4-2-3-5-16(15)19-13)20-9-14-10-22-7-6-18(14,11-20)12-21/h2-5,8,14,21H,6-7,9-12H2,1H3/t14-,18-/m1/s1. The van der Waals surface area contributed by atoms with Gasteiger partial charge in [-0.05, 0) is 25.5 Å². The molecule has 1 N–H and O–H groups in total. The molecule has 0 spiro atoms. The van der Waals surface area contributed by atoms with Crippen molar-refractivity contribution in [1.82, 2.24) is 4.98 Å². The number of benzene rings is 1. The van der Waals surface area contributed by atoms with Gasteiger partial charge in [-0.1, -0.05) is 18.2 Å².